The maximum Gasteiger partial charge on any atom is 0.326 e. The van der Waals surface area contributed by atoms with Crippen molar-refractivity contribution in [2.24, 2.45) is 11.7 Å². The molecule has 1 aliphatic heterocycles. The summed E-state index contributed by atoms with van der Waals surface area (Å²) >= 11 is 0. The van der Waals surface area contributed by atoms with Crippen molar-refractivity contribution in [3.05, 3.63) is 18.2 Å². The summed E-state index contributed by atoms with van der Waals surface area (Å²) in [4.78, 5) is 69.5. The molecule has 1 aromatic rings. The number of carbonyl (C=O) groups is 5. The number of carbonyl (C=O) groups excluding carboxylic acids is 3. The molecule has 0 radical (unpaired) electrons. The smallest absolute Gasteiger partial charge is 0.326 e. The van der Waals surface area contributed by atoms with Gasteiger partial charge < -0.3 is 36.5 Å². The van der Waals surface area contributed by atoms with Crippen LogP contribution in [-0.4, -0.2) is 85.5 Å². The van der Waals surface area contributed by atoms with Crippen molar-refractivity contribution in [2.75, 3.05) is 6.54 Å². The lowest BCUT2D eigenvalue weighted by Gasteiger charge is -2.28. The monoisotopic (exact) mass is 494 g/mol. The van der Waals surface area contributed by atoms with Gasteiger partial charge in [-0.25, -0.2) is 9.78 Å². The van der Waals surface area contributed by atoms with Crippen LogP contribution in [0, 0.1) is 5.92 Å². The van der Waals surface area contributed by atoms with E-state index in [-0.39, 0.29) is 31.7 Å². The Bertz CT molecular complexity index is 904. The predicted octanol–water partition coefficient (Wildman–Crippen LogP) is -0.764. The molecule has 1 aliphatic rings. The minimum atomic E-state index is -1.27. The highest BCUT2D eigenvalue weighted by atomic mass is 16.4. The Hall–Kier alpha value is -3.48. The number of H-pyrrole nitrogens is 1. The van der Waals surface area contributed by atoms with Gasteiger partial charge in [0.05, 0.1) is 12.4 Å². The Kier molecular flexibility index (Phi) is 10.2. The number of amides is 3. The number of likely N-dealkylation sites (tertiary alicyclic amines) is 1. The second-order valence-electron chi connectivity index (χ2n) is 9.10. The van der Waals surface area contributed by atoms with Crippen molar-refractivity contribution in [1.82, 2.24) is 25.5 Å². The zero-order chi connectivity index (χ0) is 26.1. The standard InChI is InChI=1S/C22H34N6O7/c1-12(2)8-14(23)19(31)27-16(9-13-10-24-11-25-13)20(32)26-15(5-6-18(29)30)21(33)28-7-3-4-17(28)22(34)35/h10-12,14-17H,3-9,23H2,1-2H3,(H,24,25)(H,26,32)(H,27,31)(H,29,30)(H,34,35). The summed E-state index contributed by atoms with van der Waals surface area (Å²) < 4.78 is 0. The first kappa shape index (κ1) is 27.8. The first-order valence-electron chi connectivity index (χ1n) is 11.6. The fourth-order valence-corrected chi connectivity index (χ4v) is 4.00. The molecule has 4 unspecified atom stereocenters. The normalized spacial score (nSPS) is 18.1. The highest BCUT2D eigenvalue weighted by Crippen LogP contribution is 2.20. The minimum absolute atomic E-state index is 0.0211. The molecule has 13 heteroatoms. The van der Waals surface area contributed by atoms with Crippen LogP contribution in [0.15, 0.2) is 12.5 Å². The zero-order valence-corrected chi connectivity index (χ0v) is 19.9. The molecule has 1 fully saturated rings. The predicted molar refractivity (Wildman–Crippen MR) is 123 cm³/mol. The Balaban J connectivity index is 2.21. The third kappa shape index (κ3) is 8.35. The number of carboxylic acids is 2. The van der Waals surface area contributed by atoms with E-state index in [1.807, 2.05) is 13.8 Å². The average molecular weight is 495 g/mol. The molecular formula is C22H34N6O7. The molecule has 2 heterocycles. The number of nitrogens with zero attached hydrogens (tertiary/aromatic N) is 2. The number of carboxylic acid groups (broad SMARTS) is 2. The van der Waals surface area contributed by atoms with Crippen LogP contribution in [0.5, 0.6) is 0 Å². The van der Waals surface area contributed by atoms with Gasteiger partial charge in [0.1, 0.15) is 18.1 Å². The van der Waals surface area contributed by atoms with Crippen molar-refractivity contribution in [3.8, 4) is 0 Å². The summed E-state index contributed by atoms with van der Waals surface area (Å²) in [6.07, 6.45) is 3.41. The Morgan fingerprint density at radius 2 is 1.86 bits per heavy atom. The number of rotatable bonds is 13. The summed E-state index contributed by atoms with van der Waals surface area (Å²) in [6.45, 7) is 4.00. The lowest BCUT2D eigenvalue weighted by molar-refractivity contribution is -0.150. The number of hydrogen-bond donors (Lipinski definition) is 6. The van der Waals surface area contributed by atoms with Gasteiger partial charge in [-0.15, -0.1) is 0 Å². The van der Waals surface area contributed by atoms with Crippen molar-refractivity contribution in [2.45, 2.75) is 76.5 Å². The van der Waals surface area contributed by atoms with E-state index in [9.17, 15) is 29.1 Å². The molecule has 1 aromatic heterocycles. The number of nitrogens with one attached hydrogen (secondary N) is 3. The number of imidazole rings is 1. The van der Waals surface area contributed by atoms with Gasteiger partial charge in [-0.05, 0) is 31.6 Å². The Morgan fingerprint density at radius 1 is 1.17 bits per heavy atom. The van der Waals surface area contributed by atoms with Crippen LogP contribution in [0.3, 0.4) is 0 Å². The van der Waals surface area contributed by atoms with Gasteiger partial charge in [0.2, 0.25) is 17.7 Å². The third-order valence-corrected chi connectivity index (χ3v) is 5.76. The first-order chi connectivity index (χ1) is 16.5. The van der Waals surface area contributed by atoms with Crippen LogP contribution in [0.4, 0.5) is 0 Å². The number of aromatic amines is 1. The molecule has 3 amide bonds. The summed E-state index contributed by atoms with van der Waals surface area (Å²) in [5.41, 5.74) is 6.49. The van der Waals surface area contributed by atoms with Gasteiger partial charge in [-0.3, -0.25) is 19.2 Å². The highest BCUT2D eigenvalue weighted by molar-refractivity contribution is 5.94. The van der Waals surface area contributed by atoms with E-state index >= 15 is 0 Å². The molecule has 0 spiro atoms. The molecule has 4 atom stereocenters. The lowest BCUT2D eigenvalue weighted by Crippen LogP contribution is -2.57. The molecule has 1 saturated heterocycles. The van der Waals surface area contributed by atoms with Crippen molar-refractivity contribution in [1.29, 1.82) is 0 Å². The Morgan fingerprint density at radius 3 is 2.43 bits per heavy atom. The molecule has 7 N–H and O–H groups in total. The Labute approximate surface area is 202 Å². The average Bonchev–Trinajstić information content (AvgIpc) is 3.46. The molecule has 13 nitrogen and oxygen atoms in total. The van der Waals surface area contributed by atoms with E-state index in [2.05, 4.69) is 20.6 Å². The highest BCUT2D eigenvalue weighted by Gasteiger charge is 2.38. The molecule has 35 heavy (non-hydrogen) atoms. The quantitative estimate of drug-likeness (QED) is 0.203. The molecule has 2 rings (SSSR count). The number of aliphatic carboxylic acids is 2. The summed E-state index contributed by atoms with van der Waals surface area (Å²) in [7, 11) is 0. The largest absolute Gasteiger partial charge is 0.481 e. The van der Waals surface area contributed by atoms with Gasteiger partial charge >= 0.3 is 11.9 Å². The van der Waals surface area contributed by atoms with E-state index in [4.69, 9.17) is 10.8 Å². The van der Waals surface area contributed by atoms with Crippen molar-refractivity contribution >= 4 is 29.7 Å². The van der Waals surface area contributed by atoms with E-state index in [0.717, 1.165) is 4.90 Å². The van der Waals surface area contributed by atoms with E-state index < -0.39 is 60.2 Å². The van der Waals surface area contributed by atoms with Crippen LogP contribution < -0.4 is 16.4 Å². The second-order valence-corrected chi connectivity index (χ2v) is 9.10. The fourth-order valence-electron chi connectivity index (χ4n) is 4.00. The number of hydrogen-bond acceptors (Lipinski definition) is 7. The third-order valence-electron chi connectivity index (χ3n) is 5.76. The van der Waals surface area contributed by atoms with Crippen molar-refractivity contribution < 1.29 is 34.2 Å². The van der Waals surface area contributed by atoms with Gasteiger partial charge in [0.25, 0.3) is 0 Å². The van der Waals surface area contributed by atoms with Crippen LogP contribution in [-0.2, 0) is 30.4 Å². The zero-order valence-electron chi connectivity index (χ0n) is 19.9. The summed E-state index contributed by atoms with van der Waals surface area (Å²) in [6, 6.07) is -4.29. The first-order valence-corrected chi connectivity index (χ1v) is 11.6. The van der Waals surface area contributed by atoms with Crippen LogP contribution >= 0.6 is 0 Å². The summed E-state index contributed by atoms with van der Waals surface area (Å²) in [5, 5.41) is 23.7. The van der Waals surface area contributed by atoms with Crippen LogP contribution in [0.1, 0.15) is 51.6 Å². The molecule has 0 aliphatic carbocycles. The molecule has 0 aromatic carbocycles. The molecule has 0 saturated carbocycles. The van der Waals surface area contributed by atoms with Crippen LogP contribution in [0.2, 0.25) is 0 Å². The molecule has 0 bridgehead atoms. The summed E-state index contributed by atoms with van der Waals surface area (Å²) in [5.74, 6) is -4.13. The van der Waals surface area contributed by atoms with E-state index in [1.165, 1.54) is 12.5 Å². The number of aromatic nitrogens is 2. The topological polar surface area (TPSA) is 208 Å². The fraction of sp³-hybridized carbons (Fsp3) is 0.636. The van der Waals surface area contributed by atoms with Gasteiger partial charge in [0, 0.05) is 31.3 Å². The van der Waals surface area contributed by atoms with Crippen LogP contribution in [0.25, 0.3) is 0 Å². The molecular weight excluding hydrogens is 460 g/mol. The minimum Gasteiger partial charge on any atom is -0.481 e. The van der Waals surface area contributed by atoms with Gasteiger partial charge in [0.15, 0.2) is 0 Å². The SMILES string of the molecule is CC(C)CC(N)C(=O)NC(Cc1cnc[nH]1)C(=O)NC(CCC(=O)O)C(=O)N1CCCC1C(=O)O. The number of nitrogens with two attached hydrogens (primary N) is 1. The maximum atomic E-state index is 13.2. The van der Waals surface area contributed by atoms with Crippen molar-refractivity contribution in [3.63, 3.8) is 0 Å². The second kappa shape index (κ2) is 12.8. The lowest BCUT2D eigenvalue weighted by atomic mass is 10.0. The van der Waals surface area contributed by atoms with E-state index in [1.54, 1.807) is 0 Å². The molecule has 194 valence electrons. The van der Waals surface area contributed by atoms with E-state index in [0.29, 0.717) is 18.5 Å². The van der Waals surface area contributed by atoms with Gasteiger partial charge in [-0.1, -0.05) is 13.8 Å². The van der Waals surface area contributed by atoms with Gasteiger partial charge in [-0.2, -0.15) is 0 Å². The maximum absolute atomic E-state index is 13.2.